The van der Waals surface area contributed by atoms with Crippen molar-refractivity contribution in [3.05, 3.63) is 52.3 Å². The van der Waals surface area contributed by atoms with Crippen molar-refractivity contribution >= 4 is 51.6 Å². The first-order valence-corrected chi connectivity index (χ1v) is 7.55. The van der Waals surface area contributed by atoms with Gasteiger partial charge in [0.05, 0.1) is 20.8 Å². The lowest BCUT2D eigenvalue weighted by Crippen LogP contribution is -2.22. The second kappa shape index (κ2) is 9.67. The van der Waals surface area contributed by atoms with E-state index in [1.54, 1.807) is 38.5 Å². The molecule has 0 saturated carbocycles. The molecule has 0 spiro atoms. The van der Waals surface area contributed by atoms with Crippen molar-refractivity contribution in [2.75, 3.05) is 19.5 Å². The van der Waals surface area contributed by atoms with Crippen molar-refractivity contribution < 1.29 is 13.9 Å². The summed E-state index contributed by atoms with van der Waals surface area (Å²) in [5.74, 6) is 1.10. The van der Waals surface area contributed by atoms with Crippen molar-refractivity contribution in [3.8, 4) is 11.5 Å². The number of nitrogens with one attached hydrogen (secondary N) is 1. The van der Waals surface area contributed by atoms with Crippen molar-refractivity contribution in [1.29, 1.82) is 0 Å². The van der Waals surface area contributed by atoms with E-state index in [2.05, 4.69) is 26.2 Å². The maximum absolute atomic E-state index is 13.3. The van der Waals surface area contributed by atoms with Crippen LogP contribution < -0.4 is 20.5 Å². The molecule has 0 heterocycles. The summed E-state index contributed by atoms with van der Waals surface area (Å²) in [4.78, 5) is 4.19. The molecule has 2 aromatic carbocycles. The van der Waals surface area contributed by atoms with Gasteiger partial charge in [-0.25, -0.2) is 9.38 Å². The third-order valence-corrected chi connectivity index (χ3v) is 3.47. The molecule has 0 atom stereocenters. The zero-order chi connectivity index (χ0) is 16.8. The predicted molar refractivity (Wildman–Crippen MR) is 108 cm³/mol. The van der Waals surface area contributed by atoms with Gasteiger partial charge in [-0.1, -0.05) is 15.9 Å². The molecule has 0 aromatic heterocycles. The maximum Gasteiger partial charge on any atom is 0.193 e. The summed E-state index contributed by atoms with van der Waals surface area (Å²) in [6.45, 7) is 0.266. The highest BCUT2D eigenvalue weighted by atomic mass is 127. The Morgan fingerprint density at radius 1 is 1.17 bits per heavy atom. The molecule has 2 rings (SSSR count). The molecule has 0 saturated heterocycles. The Morgan fingerprint density at radius 3 is 2.50 bits per heavy atom. The number of guanidine groups is 1. The fourth-order valence-corrected chi connectivity index (χ4v) is 2.49. The van der Waals surface area contributed by atoms with Crippen molar-refractivity contribution in [1.82, 2.24) is 0 Å². The van der Waals surface area contributed by atoms with Crippen LogP contribution in [0.25, 0.3) is 0 Å². The number of hydrogen-bond donors (Lipinski definition) is 2. The van der Waals surface area contributed by atoms with Crippen LogP contribution in [0.2, 0.25) is 0 Å². The summed E-state index contributed by atoms with van der Waals surface area (Å²) in [5.41, 5.74) is 7.28. The standard InChI is InChI=1S/C16H17BrFN3O2.HI/c1-22-14-4-3-13(8-15(14)23-2)21-16(19)20-9-10-5-11(17)7-12(18)6-10;/h3-8H,9H2,1-2H3,(H3,19,20,21);1H. The molecule has 0 radical (unpaired) electrons. The van der Waals surface area contributed by atoms with Crippen molar-refractivity contribution in [2.24, 2.45) is 10.7 Å². The fraction of sp³-hybridized carbons (Fsp3) is 0.188. The van der Waals surface area contributed by atoms with Gasteiger partial charge >= 0.3 is 0 Å². The molecule has 0 unspecified atom stereocenters. The summed E-state index contributed by atoms with van der Waals surface area (Å²) < 4.78 is 24.4. The minimum Gasteiger partial charge on any atom is -0.493 e. The highest BCUT2D eigenvalue weighted by Gasteiger charge is 2.05. The average Bonchev–Trinajstić information content (AvgIpc) is 2.52. The summed E-state index contributed by atoms with van der Waals surface area (Å²) in [6.07, 6.45) is 0. The number of rotatable bonds is 5. The van der Waals surface area contributed by atoms with E-state index in [9.17, 15) is 4.39 Å². The Morgan fingerprint density at radius 2 is 1.88 bits per heavy atom. The van der Waals surface area contributed by atoms with Gasteiger partial charge in [-0.2, -0.15) is 0 Å². The lowest BCUT2D eigenvalue weighted by Gasteiger charge is -2.11. The van der Waals surface area contributed by atoms with Crippen molar-refractivity contribution in [2.45, 2.75) is 6.54 Å². The van der Waals surface area contributed by atoms with Gasteiger partial charge in [0.15, 0.2) is 17.5 Å². The number of nitrogens with zero attached hydrogens (tertiary/aromatic N) is 1. The zero-order valence-electron chi connectivity index (χ0n) is 13.2. The normalized spacial score (nSPS) is 10.8. The molecular formula is C16H18BrFIN3O2. The van der Waals surface area contributed by atoms with Crippen LogP contribution in [-0.4, -0.2) is 20.2 Å². The van der Waals surface area contributed by atoms with Crippen molar-refractivity contribution in [3.63, 3.8) is 0 Å². The van der Waals surface area contributed by atoms with Gasteiger partial charge in [0, 0.05) is 16.2 Å². The van der Waals surface area contributed by atoms with E-state index in [1.807, 2.05) is 0 Å². The largest absolute Gasteiger partial charge is 0.493 e. The van der Waals surface area contributed by atoms with E-state index in [0.717, 1.165) is 0 Å². The van der Waals surface area contributed by atoms with Gasteiger partial charge in [-0.3, -0.25) is 0 Å². The van der Waals surface area contributed by atoms with E-state index < -0.39 is 0 Å². The lowest BCUT2D eigenvalue weighted by molar-refractivity contribution is 0.355. The molecule has 3 N–H and O–H groups in total. The smallest absolute Gasteiger partial charge is 0.193 e. The number of aliphatic imine (C=N–C) groups is 1. The van der Waals surface area contributed by atoms with E-state index in [4.69, 9.17) is 15.2 Å². The first kappa shape index (κ1) is 20.5. The third kappa shape index (κ3) is 5.82. The molecule has 5 nitrogen and oxygen atoms in total. The number of ether oxygens (including phenoxy) is 2. The van der Waals surface area contributed by atoms with Gasteiger partial charge in [-0.15, -0.1) is 24.0 Å². The lowest BCUT2D eigenvalue weighted by atomic mass is 10.2. The Hall–Kier alpha value is -1.55. The number of halogens is 3. The monoisotopic (exact) mass is 509 g/mol. The Balaban J connectivity index is 0.00000288. The molecule has 24 heavy (non-hydrogen) atoms. The summed E-state index contributed by atoms with van der Waals surface area (Å²) in [5, 5.41) is 2.95. The van der Waals surface area contributed by atoms with E-state index >= 15 is 0 Å². The fourth-order valence-electron chi connectivity index (χ4n) is 1.98. The molecular weight excluding hydrogens is 492 g/mol. The summed E-state index contributed by atoms with van der Waals surface area (Å²) >= 11 is 3.24. The number of nitrogens with two attached hydrogens (primary N) is 1. The van der Waals surface area contributed by atoms with Crippen LogP contribution in [0.4, 0.5) is 10.1 Å². The third-order valence-electron chi connectivity index (χ3n) is 3.01. The maximum atomic E-state index is 13.3. The Bertz CT molecular complexity index is 708. The first-order chi connectivity index (χ1) is 11.0. The van der Waals surface area contributed by atoms with Gasteiger partial charge in [0.1, 0.15) is 5.82 Å². The molecule has 130 valence electrons. The van der Waals surface area contributed by atoms with Crippen LogP contribution in [0.3, 0.4) is 0 Å². The SMILES string of the molecule is COc1ccc(NC(N)=NCc2cc(F)cc(Br)c2)cc1OC.I. The molecule has 0 amide bonds. The van der Waals surface area contributed by atoms with Crippen LogP contribution >= 0.6 is 39.9 Å². The molecule has 8 heteroatoms. The highest BCUT2D eigenvalue weighted by molar-refractivity contribution is 14.0. The minimum absolute atomic E-state index is 0. The number of anilines is 1. The summed E-state index contributed by atoms with van der Waals surface area (Å²) in [7, 11) is 3.12. The van der Waals surface area contributed by atoms with Crippen LogP contribution in [0.5, 0.6) is 11.5 Å². The molecule has 0 aliphatic carbocycles. The van der Waals surface area contributed by atoms with E-state index in [0.29, 0.717) is 27.2 Å². The van der Waals surface area contributed by atoms with E-state index in [-0.39, 0.29) is 42.3 Å². The van der Waals surface area contributed by atoms with Gasteiger partial charge in [0.2, 0.25) is 0 Å². The predicted octanol–water partition coefficient (Wildman–Crippen LogP) is 4.15. The minimum atomic E-state index is -0.323. The molecule has 0 bridgehead atoms. The quantitative estimate of drug-likeness (QED) is 0.361. The topological polar surface area (TPSA) is 68.9 Å². The van der Waals surface area contributed by atoms with Gasteiger partial charge in [0.25, 0.3) is 0 Å². The van der Waals surface area contributed by atoms with E-state index in [1.165, 1.54) is 12.1 Å². The Labute approximate surface area is 165 Å². The molecule has 0 aliphatic heterocycles. The average molecular weight is 510 g/mol. The number of benzene rings is 2. The highest BCUT2D eigenvalue weighted by Crippen LogP contribution is 2.29. The molecule has 0 aliphatic rings. The number of methoxy groups -OCH3 is 2. The Kier molecular flexibility index (Phi) is 8.26. The first-order valence-electron chi connectivity index (χ1n) is 6.75. The zero-order valence-corrected chi connectivity index (χ0v) is 17.1. The molecule has 0 fully saturated rings. The van der Waals surface area contributed by atoms with Crippen LogP contribution in [0, 0.1) is 5.82 Å². The second-order valence-electron chi connectivity index (χ2n) is 4.67. The molecule has 2 aromatic rings. The second-order valence-corrected chi connectivity index (χ2v) is 5.59. The van der Waals surface area contributed by atoms with Crippen LogP contribution in [-0.2, 0) is 6.54 Å². The van der Waals surface area contributed by atoms with Crippen LogP contribution in [0.1, 0.15) is 5.56 Å². The number of hydrogen-bond acceptors (Lipinski definition) is 3. The van der Waals surface area contributed by atoms with Gasteiger partial charge in [-0.05, 0) is 35.9 Å². The van der Waals surface area contributed by atoms with Crippen LogP contribution in [0.15, 0.2) is 45.9 Å². The summed E-state index contributed by atoms with van der Waals surface area (Å²) in [6, 6.07) is 9.90. The van der Waals surface area contributed by atoms with Gasteiger partial charge < -0.3 is 20.5 Å².